The van der Waals surface area contributed by atoms with Gasteiger partial charge in [-0.3, -0.25) is 4.79 Å². The zero-order valence-corrected chi connectivity index (χ0v) is 10.8. The fraction of sp³-hybridized carbons (Fsp3) is 0.417. The van der Waals surface area contributed by atoms with Crippen molar-refractivity contribution >= 4 is 17.7 Å². The van der Waals surface area contributed by atoms with Gasteiger partial charge in [-0.1, -0.05) is 6.92 Å². The number of rotatable bonds is 6. The molecule has 0 aliphatic carbocycles. The molecule has 0 unspecified atom stereocenters. The lowest BCUT2D eigenvalue weighted by molar-refractivity contribution is -0.119. The maximum absolute atomic E-state index is 13.3. The summed E-state index contributed by atoms with van der Waals surface area (Å²) in [7, 11) is 0. The first-order chi connectivity index (χ1) is 8.56. The average molecular weight is 275 g/mol. The molecule has 0 aliphatic rings. The summed E-state index contributed by atoms with van der Waals surface area (Å²) in [4.78, 5) is 11.7. The van der Waals surface area contributed by atoms with Crippen LogP contribution in [0.2, 0.25) is 0 Å². The molecule has 6 heteroatoms. The Morgan fingerprint density at radius 2 is 2.22 bits per heavy atom. The Hall–Kier alpha value is -1.14. The van der Waals surface area contributed by atoms with Crippen LogP contribution >= 0.6 is 11.8 Å². The number of hydrogen-bond donors (Lipinski definition) is 2. The molecule has 0 radical (unpaired) electrons. The van der Waals surface area contributed by atoms with Gasteiger partial charge in [-0.15, -0.1) is 11.8 Å². The highest BCUT2D eigenvalue weighted by molar-refractivity contribution is 8.00. The van der Waals surface area contributed by atoms with Crippen molar-refractivity contribution in [3.63, 3.8) is 0 Å². The lowest BCUT2D eigenvalue weighted by Crippen LogP contribution is -2.37. The van der Waals surface area contributed by atoms with Crippen molar-refractivity contribution in [2.45, 2.75) is 24.3 Å². The van der Waals surface area contributed by atoms with Crippen LogP contribution in [0.5, 0.6) is 0 Å². The molecule has 0 saturated carbocycles. The fourth-order valence-corrected chi connectivity index (χ4v) is 2.01. The zero-order chi connectivity index (χ0) is 13.5. The molecule has 0 spiro atoms. The minimum atomic E-state index is -0.679. The van der Waals surface area contributed by atoms with Crippen LogP contribution in [0.3, 0.4) is 0 Å². The van der Waals surface area contributed by atoms with Gasteiger partial charge in [0, 0.05) is 11.0 Å². The summed E-state index contributed by atoms with van der Waals surface area (Å²) in [5.41, 5.74) is 0. The van der Waals surface area contributed by atoms with E-state index in [4.69, 9.17) is 5.11 Å². The number of carbonyl (C=O) groups is 1. The summed E-state index contributed by atoms with van der Waals surface area (Å²) >= 11 is 0.991. The summed E-state index contributed by atoms with van der Waals surface area (Å²) < 4.78 is 25.9. The highest BCUT2D eigenvalue weighted by Gasteiger charge is 2.11. The van der Waals surface area contributed by atoms with Gasteiger partial charge in [0.2, 0.25) is 5.91 Å². The van der Waals surface area contributed by atoms with Crippen LogP contribution in [-0.4, -0.2) is 29.4 Å². The van der Waals surface area contributed by atoms with Crippen molar-refractivity contribution in [3.8, 4) is 0 Å². The average Bonchev–Trinajstić information content (AvgIpc) is 2.35. The van der Waals surface area contributed by atoms with Gasteiger partial charge in [-0.05, 0) is 18.6 Å². The Morgan fingerprint density at radius 1 is 1.50 bits per heavy atom. The number of aliphatic hydroxyl groups excluding tert-OH is 1. The Kier molecular flexibility index (Phi) is 6.07. The van der Waals surface area contributed by atoms with E-state index >= 15 is 0 Å². The highest BCUT2D eigenvalue weighted by atomic mass is 32.2. The molecule has 2 N–H and O–H groups in total. The predicted octanol–water partition coefficient (Wildman–Crippen LogP) is 1.94. The van der Waals surface area contributed by atoms with E-state index in [1.807, 2.05) is 6.92 Å². The summed E-state index contributed by atoms with van der Waals surface area (Å²) in [6.45, 7) is 1.71. The first kappa shape index (κ1) is 14.9. The summed E-state index contributed by atoms with van der Waals surface area (Å²) in [5, 5.41) is 11.5. The molecule has 0 aliphatic heterocycles. The number of carbonyl (C=O) groups excluding carboxylic acids is 1. The number of thioether (sulfide) groups is 1. The molecular formula is C12H15F2NO2S. The molecule has 1 aromatic rings. The molecule has 1 atom stereocenters. The van der Waals surface area contributed by atoms with Crippen LogP contribution < -0.4 is 5.32 Å². The molecule has 100 valence electrons. The fourth-order valence-electron chi connectivity index (χ4n) is 1.28. The largest absolute Gasteiger partial charge is 0.394 e. The molecule has 1 rings (SSSR count). The number of benzene rings is 1. The van der Waals surface area contributed by atoms with E-state index in [1.165, 1.54) is 6.07 Å². The summed E-state index contributed by atoms with van der Waals surface area (Å²) in [6.07, 6.45) is 0.623. The summed E-state index contributed by atoms with van der Waals surface area (Å²) in [6, 6.07) is 2.94. The second-order valence-electron chi connectivity index (χ2n) is 3.72. The van der Waals surface area contributed by atoms with Crippen LogP contribution in [0.4, 0.5) is 8.78 Å². The molecule has 3 nitrogen and oxygen atoms in total. The van der Waals surface area contributed by atoms with Crippen LogP contribution in [0.15, 0.2) is 23.1 Å². The van der Waals surface area contributed by atoms with Gasteiger partial charge in [-0.25, -0.2) is 8.78 Å². The molecule has 0 saturated heterocycles. The van der Waals surface area contributed by atoms with E-state index in [9.17, 15) is 13.6 Å². The van der Waals surface area contributed by atoms with E-state index < -0.39 is 11.6 Å². The zero-order valence-electron chi connectivity index (χ0n) is 9.95. The normalized spacial score (nSPS) is 12.2. The highest BCUT2D eigenvalue weighted by Crippen LogP contribution is 2.21. The second kappa shape index (κ2) is 7.33. The van der Waals surface area contributed by atoms with Gasteiger partial charge >= 0.3 is 0 Å². The lowest BCUT2D eigenvalue weighted by Gasteiger charge is -2.13. The van der Waals surface area contributed by atoms with Gasteiger partial charge < -0.3 is 10.4 Å². The Morgan fingerprint density at radius 3 is 2.78 bits per heavy atom. The van der Waals surface area contributed by atoms with Gasteiger partial charge in [0.25, 0.3) is 0 Å². The predicted molar refractivity (Wildman–Crippen MR) is 66.4 cm³/mol. The Labute approximate surface area is 109 Å². The van der Waals surface area contributed by atoms with E-state index in [1.54, 1.807) is 0 Å². The number of nitrogens with one attached hydrogen (secondary N) is 1. The van der Waals surface area contributed by atoms with Crippen LogP contribution in [0, 0.1) is 11.6 Å². The van der Waals surface area contributed by atoms with Crippen molar-refractivity contribution in [1.29, 1.82) is 0 Å². The molecule has 0 heterocycles. The minimum Gasteiger partial charge on any atom is -0.394 e. The number of amides is 1. The van der Waals surface area contributed by atoms with Gasteiger partial charge in [-0.2, -0.15) is 0 Å². The van der Waals surface area contributed by atoms with E-state index in [-0.39, 0.29) is 29.2 Å². The molecule has 0 fully saturated rings. The van der Waals surface area contributed by atoms with Crippen LogP contribution in [0.25, 0.3) is 0 Å². The van der Waals surface area contributed by atoms with Crippen molar-refractivity contribution in [2.75, 3.05) is 12.4 Å². The first-order valence-corrected chi connectivity index (χ1v) is 6.53. The SMILES string of the molecule is CC[C@H](CO)NC(=O)CSc1ccc(F)cc1F. The molecule has 0 aromatic heterocycles. The van der Waals surface area contributed by atoms with Crippen molar-refractivity contribution in [1.82, 2.24) is 5.32 Å². The molecule has 18 heavy (non-hydrogen) atoms. The summed E-state index contributed by atoms with van der Waals surface area (Å²) in [5.74, 6) is -1.58. The second-order valence-corrected chi connectivity index (χ2v) is 4.74. The van der Waals surface area contributed by atoms with Crippen molar-refractivity contribution < 1.29 is 18.7 Å². The first-order valence-electron chi connectivity index (χ1n) is 5.54. The molecule has 1 aromatic carbocycles. The smallest absolute Gasteiger partial charge is 0.230 e. The third-order valence-electron chi connectivity index (χ3n) is 2.33. The Bertz CT molecular complexity index is 411. The van der Waals surface area contributed by atoms with E-state index in [0.29, 0.717) is 6.42 Å². The van der Waals surface area contributed by atoms with Gasteiger partial charge in [0.15, 0.2) is 0 Å². The third kappa shape index (κ3) is 4.62. The van der Waals surface area contributed by atoms with Gasteiger partial charge in [0.1, 0.15) is 11.6 Å². The quantitative estimate of drug-likeness (QED) is 0.780. The van der Waals surface area contributed by atoms with Crippen LogP contribution in [-0.2, 0) is 4.79 Å². The standard InChI is InChI=1S/C12H15F2NO2S/c1-2-9(6-16)15-12(17)7-18-11-4-3-8(13)5-10(11)14/h3-5,9,16H,2,6-7H2,1H3,(H,15,17)/t9-/m1/s1. The number of halogens is 2. The van der Waals surface area contributed by atoms with Crippen LogP contribution in [0.1, 0.15) is 13.3 Å². The van der Waals surface area contributed by atoms with Crippen molar-refractivity contribution in [3.05, 3.63) is 29.8 Å². The lowest BCUT2D eigenvalue weighted by atomic mass is 10.2. The van der Waals surface area contributed by atoms with Gasteiger partial charge in [0.05, 0.1) is 18.4 Å². The molecule has 1 amide bonds. The molecular weight excluding hydrogens is 260 g/mol. The maximum atomic E-state index is 13.3. The number of hydrogen-bond acceptors (Lipinski definition) is 3. The third-order valence-corrected chi connectivity index (χ3v) is 3.38. The molecule has 0 bridgehead atoms. The number of aliphatic hydroxyl groups is 1. The van der Waals surface area contributed by atoms with Crippen molar-refractivity contribution in [2.24, 2.45) is 0 Å². The van der Waals surface area contributed by atoms with E-state index in [2.05, 4.69) is 5.32 Å². The Balaban J connectivity index is 2.47. The van der Waals surface area contributed by atoms with E-state index in [0.717, 1.165) is 23.9 Å². The monoisotopic (exact) mass is 275 g/mol. The minimum absolute atomic E-state index is 0.0268. The maximum Gasteiger partial charge on any atom is 0.230 e. The topological polar surface area (TPSA) is 49.3 Å².